The van der Waals surface area contributed by atoms with Gasteiger partial charge in [0.15, 0.2) is 0 Å². The highest BCUT2D eigenvalue weighted by molar-refractivity contribution is 5.85. The van der Waals surface area contributed by atoms with Crippen LogP contribution in [0.25, 0.3) is 5.57 Å². The Morgan fingerprint density at radius 3 is 2.54 bits per heavy atom. The Morgan fingerprint density at radius 2 is 1.77 bits per heavy atom. The molecule has 1 saturated carbocycles. The van der Waals surface area contributed by atoms with Gasteiger partial charge in [-0.05, 0) is 60.8 Å². The summed E-state index contributed by atoms with van der Waals surface area (Å²) in [5.74, 6) is 1.03. The SMILES string of the molecule is Cc1ccccc1[C@@H]1C[C@@H]1C(=O)N1[C@@H]2CC[C@@H]1C=C(c1ccccc1)C2. The first-order valence-corrected chi connectivity index (χ1v) is 9.86. The molecule has 2 heterocycles. The van der Waals surface area contributed by atoms with E-state index in [0.717, 1.165) is 25.7 Å². The summed E-state index contributed by atoms with van der Waals surface area (Å²) >= 11 is 0. The zero-order valence-electron chi connectivity index (χ0n) is 15.3. The molecule has 2 aromatic carbocycles. The molecule has 5 rings (SSSR count). The highest BCUT2D eigenvalue weighted by Gasteiger charge is 2.50. The Labute approximate surface area is 155 Å². The van der Waals surface area contributed by atoms with E-state index in [4.69, 9.17) is 0 Å². The van der Waals surface area contributed by atoms with E-state index in [0.29, 0.717) is 23.9 Å². The van der Waals surface area contributed by atoms with Crippen LogP contribution in [0.3, 0.4) is 0 Å². The molecular weight excluding hydrogens is 318 g/mol. The Balaban J connectivity index is 1.35. The van der Waals surface area contributed by atoms with Gasteiger partial charge >= 0.3 is 0 Å². The smallest absolute Gasteiger partial charge is 0.227 e. The summed E-state index contributed by atoms with van der Waals surface area (Å²) in [6.45, 7) is 2.16. The fourth-order valence-corrected chi connectivity index (χ4v) is 5.05. The minimum absolute atomic E-state index is 0.200. The molecule has 2 bridgehead atoms. The number of nitrogens with zero attached hydrogens (tertiary/aromatic N) is 1. The van der Waals surface area contributed by atoms with E-state index >= 15 is 0 Å². The van der Waals surface area contributed by atoms with Crippen molar-refractivity contribution in [1.29, 1.82) is 0 Å². The van der Waals surface area contributed by atoms with Crippen LogP contribution in [0.1, 0.15) is 48.3 Å². The fourth-order valence-electron chi connectivity index (χ4n) is 5.05. The zero-order valence-corrected chi connectivity index (χ0v) is 15.3. The molecule has 26 heavy (non-hydrogen) atoms. The second-order valence-electron chi connectivity index (χ2n) is 8.11. The van der Waals surface area contributed by atoms with E-state index < -0.39 is 0 Å². The van der Waals surface area contributed by atoms with Crippen molar-refractivity contribution in [3.63, 3.8) is 0 Å². The van der Waals surface area contributed by atoms with Crippen LogP contribution in [0, 0.1) is 12.8 Å². The van der Waals surface area contributed by atoms with Crippen molar-refractivity contribution in [2.24, 2.45) is 5.92 Å². The Kier molecular flexibility index (Phi) is 3.74. The van der Waals surface area contributed by atoms with Gasteiger partial charge in [0.1, 0.15) is 0 Å². The highest BCUT2D eigenvalue weighted by Crippen LogP contribution is 2.51. The standard InChI is InChI=1S/C24H25NO/c1-16-7-5-6-10-21(16)22-15-23(22)24(26)25-19-11-12-20(25)14-18(13-19)17-8-3-2-4-9-17/h2-10,13,19-20,22-23H,11-12,14-15H2,1H3/t19-,20-,22+,23+/m1/s1. The third-order valence-corrected chi connectivity index (χ3v) is 6.49. The number of carbonyl (C=O) groups excluding carboxylic acids is 1. The minimum atomic E-state index is 0.200. The van der Waals surface area contributed by atoms with Crippen LogP contribution in [-0.2, 0) is 4.79 Å². The summed E-state index contributed by atoms with van der Waals surface area (Å²) in [7, 11) is 0. The molecule has 0 radical (unpaired) electrons. The average Bonchev–Trinajstić information content (AvgIpc) is 3.42. The van der Waals surface area contributed by atoms with E-state index in [1.165, 1.54) is 22.3 Å². The molecule has 0 N–H and O–H groups in total. The maximum atomic E-state index is 13.3. The number of hydrogen-bond acceptors (Lipinski definition) is 1. The van der Waals surface area contributed by atoms with Gasteiger partial charge in [0.2, 0.25) is 5.91 Å². The van der Waals surface area contributed by atoms with Gasteiger partial charge < -0.3 is 4.90 Å². The molecule has 4 atom stereocenters. The van der Waals surface area contributed by atoms with Crippen LogP contribution < -0.4 is 0 Å². The van der Waals surface area contributed by atoms with Crippen LogP contribution in [0.5, 0.6) is 0 Å². The largest absolute Gasteiger partial charge is 0.333 e. The van der Waals surface area contributed by atoms with E-state index in [9.17, 15) is 4.79 Å². The maximum absolute atomic E-state index is 13.3. The Bertz CT molecular complexity index is 869. The average molecular weight is 343 g/mol. The Morgan fingerprint density at radius 1 is 1.00 bits per heavy atom. The monoisotopic (exact) mass is 343 g/mol. The van der Waals surface area contributed by atoms with E-state index in [1.807, 2.05) is 0 Å². The minimum Gasteiger partial charge on any atom is -0.333 e. The van der Waals surface area contributed by atoms with Crippen molar-refractivity contribution >= 4 is 11.5 Å². The molecule has 132 valence electrons. The molecular formula is C24H25NO. The van der Waals surface area contributed by atoms with Crippen LogP contribution in [0.2, 0.25) is 0 Å². The van der Waals surface area contributed by atoms with E-state index in [-0.39, 0.29) is 5.92 Å². The number of hydrogen-bond donors (Lipinski definition) is 0. The van der Waals surface area contributed by atoms with Gasteiger partial charge in [0.05, 0.1) is 6.04 Å². The van der Waals surface area contributed by atoms with E-state index in [2.05, 4.69) is 72.5 Å². The number of rotatable bonds is 3. The first-order chi connectivity index (χ1) is 12.7. The molecule has 2 aromatic rings. The number of benzene rings is 2. The predicted molar refractivity (Wildman–Crippen MR) is 105 cm³/mol. The second kappa shape index (κ2) is 6.12. The van der Waals surface area contributed by atoms with Crippen molar-refractivity contribution in [2.45, 2.75) is 50.6 Å². The normalized spacial score (nSPS) is 29.4. The van der Waals surface area contributed by atoms with Crippen molar-refractivity contribution in [1.82, 2.24) is 4.90 Å². The molecule has 1 aliphatic carbocycles. The lowest BCUT2D eigenvalue weighted by molar-refractivity contribution is -0.134. The third kappa shape index (κ3) is 2.59. The van der Waals surface area contributed by atoms with Crippen molar-refractivity contribution in [3.8, 4) is 0 Å². The van der Waals surface area contributed by atoms with Gasteiger partial charge in [-0.3, -0.25) is 4.79 Å². The molecule has 0 spiro atoms. The summed E-state index contributed by atoms with van der Waals surface area (Å²) < 4.78 is 0. The molecule has 2 heteroatoms. The van der Waals surface area contributed by atoms with Gasteiger partial charge in [0, 0.05) is 12.0 Å². The second-order valence-corrected chi connectivity index (χ2v) is 8.11. The number of amides is 1. The summed E-state index contributed by atoms with van der Waals surface area (Å²) in [5.41, 5.74) is 5.44. The van der Waals surface area contributed by atoms with Crippen molar-refractivity contribution < 1.29 is 4.79 Å². The lowest BCUT2D eigenvalue weighted by atomic mass is 9.94. The molecule has 1 saturated heterocycles. The number of aryl methyl sites for hydroxylation is 1. The van der Waals surface area contributed by atoms with Gasteiger partial charge in [-0.2, -0.15) is 0 Å². The van der Waals surface area contributed by atoms with Crippen LogP contribution >= 0.6 is 0 Å². The van der Waals surface area contributed by atoms with Gasteiger partial charge in [-0.1, -0.05) is 60.7 Å². The quantitative estimate of drug-likeness (QED) is 0.772. The summed E-state index contributed by atoms with van der Waals surface area (Å²) in [5, 5.41) is 0. The predicted octanol–water partition coefficient (Wildman–Crippen LogP) is 4.95. The number of carbonyl (C=O) groups is 1. The highest BCUT2D eigenvalue weighted by atomic mass is 16.2. The van der Waals surface area contributed by atoms with Crippen molar-refractivity contribution in [2.75, 3.05) is 0 Å². The first kappa shape index (κ1) is 15.9. The maximum Gasteiger partial charge on any atom is 0.227 e. The molecule has 2 aliphatic heterocycles. The van der Waals surface area contributed by atoms with Crippen LogP contribution in [-0.4, -0.2) is 22.9 Å². The molecule has 0 unspecified atom stereocenters. The lowest BCUT2D eigenvalue weighted by Gasteiger charge is -2.34. The lowest BCUT2D eigenvalue weighted by Crippen LogP contribution is -2.44. The summed E-state index contributed by atoms with van der Waals surface area (Å²) in [4.78, 5) is 15.5. The molecule has 0 aromatic heterocycles. The van der Waals surface area contributed by atoms with E-state index in [1.54, 1.807) is 0 Å². The third-order valence-electron chi connectivity index (χ3n) is 6.49. The summed E-state index contributed by atoms with van der Waals surface area (Å²) in [6, 6.07) is 19.9. The van der Waals surface area contributed by atoms with Crippen LogP contribution in [0.4, 0.5) is 0 Å². The topological polar surface area (TPSA) is 20.3 Å². The van der Waals surface area contributed by atoms with Crippen molar-refractivity contribution in [3.05, 3.63) is 77.4 Å². The van der Waals surface area contributed by atoms with Crippen LogP contribution in [0.15, 0.2) is 60.7 Å². The molecule has 2 nitrogen and oxygen atoms in total. The summed E-state index contributed by atoms with van der Waals surface area (Å²) in [6.07, 6.45) is 6.66. The Hall–Kier alpha value is -2.35. The van der Waals surface area contributed by atoms with Gasteiger partial charge in [-0.15, -0.1) is 0 Å². The van der Waals surface area contributed by atoms with Gasteiger partial charge in [0.25, 0.3) is 0 Å². The number of fused-ring (bicyclic) bond motifs is 2. The first-order valence-electron chi connectivity index (χ1n) is 9.86. The van der Waals surface area contributed by atoms with Gasteiger partial charge in [-0.25, -0.2) is 0 Å². The zero-order chi connectivity index (χ0) is 17.7. The fraction of sp³-hybridized carbons (Fsp3) is 0.375. The molecule has 2 fully saturated rings. The molecule has 3 aliphatic rings. The molecule has 1 amide bonds.